The fraction of sp³-hybridized carbons (Fsp3) is 0.400. The maximum atomic E-state index is 14.5. The molecule has 190 valence electrons. The Morgan fingerprint density at radius 3 is 2.83 bits per heavy atom. The van der Waals surface area contributed by atoms with Gasteiger partial charge in [-0.2, -0.15) is 0 Å². The number of benzene rings is 2. The van der Waals surface area contributed by atoms with Gasteiger partial charge in [0.2, 0.25) is 5.91 Å². The predicted octanol–water partition coefficient (Wildman–Crippen LogP) is 3.22. The molecule has 11 heteroatoms. The normalized spacial score (nSPS) is 22.2. The van der Waals surface area contributed by atoms with Gasteiger partial charge in [0.05, 0.1) is 35.5 Å². The molecule has 0 spiro atoms. The van der Waals surface area contributed by atoms with E-state index in [-0.39, 0.29) is 28.8 Å². The van der Waals surface area contributed by atoms with E-state index in [1.54, 1.807) is 36.3 Å². The second kappa shape index (κ2) is 10.0. The van der Waals surface area contributed by atoms with Gasteiger partial charge in [-0.3, -0.25) is 9.69 Å². The highest BCUT2D eigenvalue weighted by Gasteiger charge is 2.39. The van der Waals surface area contributed by atoms with Crippen molar-refractivity contribution in [1.29, 1.82) is 0 Å². The summed E-state index contributed by atoms with van der Waals surface area (Å²) in [7, 11) is 3.44. The third-order valence-electron chi connectivity index (χ3n) is 6.69. The first kappa shape index (κ1) is 24.5. The van der Waals surface area contributed by atoms with Crippen molar-refractivity contribution in [2.24, 2.45) is 0 Å². The standard InChI is InChI=1S/C25H27ClFN5O4/c1-31-12-15(8-20(31)25(34)32-7-6-14(33)11-32)36-22-9-16-19(10-21(22)35-2)28-13-29-24(16)30-18-5-3-4-17(26)23(18)27/h3-5,9-10,13-15,20,33H,6-8,11-12H2,1-2H3,(H,28,29,30)/t14?,15-,20+/m1/s1. The lowest BCUT2D eigenvalue weighted by molar-refractivity contribution is -0.134. The smallest absolute Gasteiger partial charge is 0.240 e. The lowest BCUT2D eigenvalue weighted by Crippen LogP contribution is -2.43. The monoisotopic (exact) mass is 515 g/mol. The zero-order valence-electron chi connectivity index (χ0n) is 19.9. The number of carbonyl (C=O) groups is 1. The Bertz CT molecular complexity index is 1290. The molecule has 2 fully saturated rings. The maximum absolute atomic E-state index is 14.5. The summed E-state index contributed by atoms with van der Waals surface area (Å²) >= 11 is 5.92. The molecule has 0 radical (unpaired) electrons. The molecule has 9 nitrogen and oxygen atoms in total. The summed E-state index contributed by atoms with van der Waals surface area (Å²) in [6.45, 7) is 1.49. The number of aliphatic hydroxyl groups is 1. The Morgan fingerprint density at radius 2 is 2.08 bits per heavy atom. The average molecular weight is 516 g/mol. The summed E-state index contributed by atoms with van der Waals surface area (Å²) in [6.07, 6.45) is 1.78. The van der Waals surface area contributed by atoms with Crippen LogP contribution >= 0.6 is 11.6 Å². The number of rotatable bonds is 6. The fourth-order valence-electron chi connectivity index (χ4n) is 4.80. The number of aliphatic hydroxyl groups excluding tert-OH is 1. The molecule has 1 aromatic heterocycles. The van der Waals surface area contributed by atoms with Crippen LogP contribution in [0.4, 0.5) is 15.9 Å². The number of nitrogens with zero attached hydrogens (tertiary/aromatic N) is 4. The van der Waals surface area contributed by atoms with Crippen molar-refractivity contribution in [2.75, 3.05) is 39.1 Å². The number of anilines is 2. The van der Waals surface area contributed by atoms with Crippen molar-refractivity contribution in [3.63, 3.8) is 0 Å². The van der Waals surface area contributed by atoms with Crippen molar-refractivity contribution >= 4 is 39.9 Å². The molecule has 1 unspecified atom stereocenters. The SMILES string of the molecule is COc1cc2ncnc(Nc3cccc(Cl)c3F)c2cc1O[C@@H]1C[C@@H](C(=O)N2CCC(O)C2)N(C)C1. The van der Waals surface area contributed by atoms with Crippen molar-refractivity contribution in [3.8, 4) is 11.5 Å². The van der Waals surface area contributed by atoms with E-state index in [1.807, 2.05) is 11.9 Å². The molecule has 2 saturated heterocycles. The number of likely N-dealkylation sites (tertiary alicyclic amines) is 2. The van der Waals surface area contributed by atoms with Crippen LogP contribution in [0.15, 0.2) is 36.7 Å². The molecule has 2 N–H and O–H groups in total. The molecule has 3 atom stereocenters. The topological polar surface area (TPSA) is 100 Å². The number of likely N-dealkylation sites (N-methyl/N-ethyl adjacent to an activating group) is 1. The van der Waals surface area contributed by atoms with Crippen LogP contribution < -0.4 is 14.8 Å². The lowest BCUT2D eigenvalue weighted by Gasteiger charge is -2.24. The van der Waals surface area contributed by atoms with Gasteiger partial charge in [0.25, 0.3) is 0 Å². The van der Waals surface area contributed by atoms with Crippen LogP contribution in [0.1, 0.15) is 12.8 Å². The number of hydrogen-bond acceptors (Lipinski definition) is 8. The highest BCUT2D eigenvalue weighted by atomic mass is 35.5. The van der Waals surface area contributed by atoms with Crippen molar-refractivity contribution in [2.45, 2.75) is 31.1 Å². The quantitative estimate of drug-likeness (QED) is 0.516. The number of carbonyl (C=O) groups excluding carboxylic acids is 1. The molecule has 3 heterocycles. The minimum Gasteiger partial charge on any atom is -0.493 e. The van der Waals surface area contributed by atoms with Gasteiger partial charge in [-0.15, -0.1) is 0 Å². The highest BCUT2D eigenvalue weighted by molar-refractivity contribution is 6.31. The Kier molecular flexibility index (Phi) is 6.83. The van der Waals surface area contributed by atoms with Crippen LogP contribution in [0.2, 0.25) is 5.02 Å². The molecule has 36 heavy (non-hydrogen) atoms. The van der Waals surface area contributed by atoms with Crippen LogP contribution in [0.5, 0.6) is 11.5 Å². The number of ether oxygens (including phenoxy) is 2. The molecule has 2 aromatic carbocycles. The summed E-state index contributed by atoms with van der Waals surface area (Å²) in [6, 6.07) is 7.86. The second-order valence-electron chi connectivity index (χ2n) is 9.13. The third kappa shape index (κ3) is 4.76. The molecule has 3 aromatic rings. The van der Waals surface area contributed by atoms with Gasteiger partial charge < -0.3 is 24.8 Å². The zero-order chi connectivity index (χ0) is 25.4. The number of amides is 1. The molecule has 2 aliphatic heterocycles. The maximum Gasteiger partial charge on any atom is 0.240 e. The fourth-order valence-corrected chi connectivity index (χ4v) is 4.98. The van der Waals surface area contributed by atoms with Gasteiger partial charge in [0.1, 0.15) is 18.2 Å². The van der Waals surface area contributed by atoms with E-state index in [9.17, 15) is 14.3 Å². The van der Waals surface area contributed by atoms with Crippen LogP contribution in [0, 0.1) is 5.82 Å². The minimum atomic E-state index is -0.578. The van der Waals surface area contributed by atoms with E-state index in [1.165, 1.54) is 12.4 Å². The summed E-state index contributed by atoms with van der Waals surface area (Å²) in [5.41, 5.74) is 0.773. The summed E-state index contributed by atoms with van der Waals surface area (Å²) in [5.74, 6) is 0.775. The van der Waals surface area contributed by atoms with Crippen molar-refractivity contribution < 1.29 is 23.8 Å². The van der Waals surface area contributed by atoms with E-state index in [4.69, 9.17) is 21.1 Å². The number of methoxy groups -OCH3 is 1. The van der Waals surface area contributed by atoms with E-state index < -0.39 is 11.9 Å². The number of nitrogens with one attached hydrogen (secondary N) is 1. The molecular weight excluding hydrogens is 489 g/mol. The first-order valence-electron chi connectivity index (χ1n) is 11.7. The number of aromatic nitrogens is 2. The van der Waals surface area contributed by atoms with Gasteiger partial charge >= 0.3 is 0 Å². The number of fused-ring (bicyclic) bond motifs is 1. The van der Waals surface area contributed by atoms with Crippen LogP contribution in [-0.2, 0) is 4.79 Å². The third-order valence-corrected chi connectivity index (χ3v) is 6.98. The highest BCUT2D eigenvalue weighted by Crippen LogP contribution is 2.37. The number of halogens is 2. The van der Waals surface area contributed by atoms with Crippen molar-refractivity contribution in [3.05, 3.63) is 47.5 Å². The molecule has 0 aliphatic carbocycles. The van der Waals surface area contributed by atoms with Crippen LogP contribution in [0.3, 0.4) is 0 Å². The lowest BCUT2D eigenvalue weighted by atomic mass is 10.1. The van der Waals surface area contributed by atoms with E-state index >= 15 is 0 Å². The Balaban J connectivity index is 1.39. The molecule has 0 saturated carbocycles. The first-order chi connectivity index (χ1) is 17.3. The van der Waals surface area contributed by atoms with Gasteiger partial charge in [-0.25, -0.2) is 14.4 Å². The molecule has 2 aliphatic rings. The van der Waals surface area contributed by atoms with Gasteiger partial charge in [-0.1, -0.05) is 17.7 Å². The summed E-state index contributed by atoms with van der Waals surface area (Å²) in [4.78, 5) is 25.3. The largest absolute Gasteiger partial charge is 0.493 e. The zero-order valence-corrected chi connectivity index (χ0v) is 20.7. The minimum absolute atomic E-state index is 0.00180. The number of β-amino-alcohol motifs (C(OH)–C–C–N with tert-alkyl or cyclic N) is 1. The summed E-state index contributed by atoms with van der Waals surface area (Å²) < 4.78 is 26.4. The molecule has 1 amide bonds. The molecular formula is C25H27ClFN5O4. The summed E-state index contributed by atoms with van der Waals surface area (Å²) in [5, 5.41) is 13.4. The van der Waals surface area contributed by atoms with Gasteiger partial charge in [0.15, 0.2) is 17.3 Å². The predicted molar refractivity (Wildman–Crippen MR) is 133 cm³/mol. The van der Waals surface area contributed by atoms with Crippen LogP contribution in [-0.4, -0.2) is 82.8 Å². The van der Waals surface area contributed by atoms with Crippen molar-refractivity contribution in [1.82, 2.24) is 19.8 Å². The van der Waals surface area contributed by atoms with Crippen LogP contribution in [0.25, 0.3) is 10.9 Å². The Hall–Kier alpha value is -3.21. The van der Waals surface area contributed by atoms with E-state index in [0.717, 1.165) is 0 Å². The van der Waals surface area contributed by atoms with Gasteiger partial charge in [0, 0.05) is 37.5 Å². The Morgan fingerprint density at radius 1 is 1.25 bits per heavy atom. The average Bonchev–Trinajstić information content (AvgIpc) is 3.46. The first-order valence-corrected chi connectivity index (χ1v) is 12.1. The number of hydrogen-bond donors (Lipinski definition) is 2. The van der Waals surface area contributed by atoms with Gasteiger partial charge in [-0.05, 0) is 31.7 Å². The van der Waals surface area contributed by atoms with E-state index in [2.05, 4.69) is 15.3 Å². The molecule has 5 rings (SSSR count). The Labute approximate surface area is 212 Å². The van der Waals surface area contributed by atoms with E-state index in [0.29, 0.717) is 60.7 Å². The second-order valence-corrected chi connectivity index (χ2v) is 9.53. The molecule has 0 bridgehead atoms.